The van der Waals surface area contributed by atoms with Crippen LogP contribution in [0.25, 0.3) is 0 Å². The van der Waals surface area contributed by atoms with E-state index < -0.39 is 0 Å². The van der Waals surface area contributed by atoms with E-state index in [0.29, 0.717) is 13.2 Å². The van der Waals surface area contributed by atoms with E-state index in [0.717, 1.165) is 67.7 Å². The molecule has 0 amide bonds. The molecule has 2 N–H and O–H groups in total. The summed E-state index contributed by atoms with van der Waals surface area (Å²) in [5, 5.41) is 10.8. The highest BCUT2D eigenvalue weighted by molar-refractivity contribution is 5.79. The van der Waals surface area contributed by atoms with Gasteiger partial charge in [0.1, 0.15) is 17.6 Å². The predicted octanol–water partition coefficient (Wildman–Crippen LogP) is 3.46. The van der Waals surface area contributed by atoms with Gasteiger partial charge in [-0.25, -0.2) is 4.99 Å². The maximum Gasteiger partial charge on any atom is 0.191 e. The summed E-state index contributed by atoms with van der Waals surface area (Å²) in [6.45, 7) is 11.7. The zero-order valence-electron chi connectivity index (χ0n) is 18.6. The standard InChI is InChI=1S/C23H34N4O3/c1-5-24-23(25-11-6-7-21-17(3)27-30-18(21)4)26-14-19-9-8-16(2)13-22(19)29-20-10-12-28-15-20/h8-9,13,20H,5-7,10-12,14-15H2,1-4H3,(H2,24,25,26). The molecule has 7 nitrogen and oxygen atoms in total. The second-order valence-electron chi connectivity index (χ2n) is 7.74. The Morgan fingerprint density at radius 3 is 2.83 bits per heavy atom. The van der Waals surface area contributed by atoms with Crippen molar-refractivity contribution in [3.63, 3.8) is 0 Å². The molecule has 1 aromatic heterocycles. The number of hydrogen-bond acceptors (Lipinski definition) is 5. The monoisotopic (exact) mass is 414 g/mol. The molecule has 0 bridgehead atoms. The van der Waals surface area contributed by atoms with Crippen LogP contribution in [0.1, 0.15) is 47.9 Å². The van der Waals surface area contributed by atoms with E-state index >= 15 is 0 Å². The number of guanidine groups is 1. The fraction of sp³-hybridized carbons (Fsp3) is 0.565. The number of aromatic nitrogens is 1. The Kier molecular flexibility index (Phi) is 8.13. The molecule has 7 heteroatoms. The lowest BCUT2D eigenvalue weighted by Gasteiger charge is -2.16. The van der Waals surface area contributed by atoms with Gasteiger partial charge in [0.2, 0.25) is 0 Å². The Hall–Kier alpha value is -2.54. The first-order chi connectivity index (χ1) is 14.6. The van der Waals surface area contributed by atoms with Crippen LogP contribution >= 0.6 is 0 Å². The van der Waals surface area contributed by atoms with Gasteiger partial charge in [0.15, 0.2) is 5.96 Å². The fourth-order valence-corrected chi connectivity index (χ4v) is 3.52. The van der Waals surface area contributed by atoms with Crippen molar-refractivity contribution in [2.75, 3.05) is 26.3 Å². The van der Waals surface area contributed by atoms with Crippen molar-refractivity contribution in [2.45, 2.75) is 59.6 Å². The summed E-state index contributed by atoms with van der Waals surface area (Å²) in [6.07, 6.45) is 2.98. The minimum absolute atomic E-state index is 0.130. The van der Waals surface area contributed by atoms with Crippen molar-refractivity contribution >= 4 is 5.96 Å². The lowest BCUT2D eigenvalue weighted by Crippen LogP contribution is -2.37. The van der Waals surface area contributed by atoms with Gasteiger partial charge < -0.3 is 24.6 Å². The number of rotatable bonds is 9. The SMILES string of the molecule is CCNC(=NCc1ccc(C)cc1OC1CCOC1)NCCCc1c(C)noc1C. The molecule has 2 aromatic rings. The van der Waals surface area contributed by atoms with Gasteiger partial charge in [0.25, 0.3) is 0 Å². The third-order valence-electron chi connectivity index (χ3n) is 5.23. The molecule has 1 fully saturated rings. The Morgan fingerprint density at radius 2 is 2.13 bits per heavy atom. The summed E-state index contributed by atoms with van der Waals surface area (Å²) in [5.41, 5.74) is 4.45. The Morgan fingerprint density at radius 1 is 1.27 bits per heavy atom. The quantitative estimate of drug-likeness (QED) is 0.372. The molecule has 30 heavy (non-hydrogen) atoms. The second-order valence-corrected chi connectivity index (χ2v) is 7.74. The van der Waals surface area contributed by atoms with E-state index in [1.165, 1.54) is 11.1 Å². The average molecular weight is 415 g/mol. The van der Waals surface area contributed by atoms with Crippen molar-refractivity contribution in [2.24, 2.45) is 4.99 Å². The molecule has 0 radical (unpaired) electrons. The molecule has 1 saturated heterocycles. The van der Waals surface area contributed by atoms with Gasteiger partial charge in [-0.05, 0) is 52.2 Å². The lowest BCUT2D eigenvalue weighted by molar-refractivity contribution is 0.140. The molecular formula is C23H34N4O3. The highest BCUT2D eigenvalue weighted by Gasteiger charge is 2.18. The molecular weight excluding hydrogens is 380 g/mol. The number of aryl methyl sites for hydroxylation is 3. The summed E-state index contributed by atoms with van der Waals surface area (Å²) in [4.78, 5) is 4.77. The van der Waals surface area contributed by atoms with Crippen LogP contribution in [0.5, 0.6) is 5.75 Å². The summed E-state index contributed by atoms with van der Waals surface area (Å²) >= 11 is 0. The largest absolute Gasteiger partial charge is 0.488 e. The first kappa shape index (κ1) is 22.2. The molecule has 1 aliphatic heterocycles. The van der Waals surface area contributed by atoms with E-state index in [1.807, 2.05) is 13.8 Å². The Balaban J connectivity index is 1.57. The lowest BCUT2D eigenvalue weighted by atomic mass is 10.1. The summed E-state index contributed by atoms with van der Waals surface area (Å²) < 4.78 is 16.9. The number of nitrogens with zero attached hydrogens (tertiary/aromatic N) is 2. The Bertz CT molecular complexity index is 821. The molecule has 0 spiro atoms. The normalized spacial score (nSPS) is 16.7. The van der Waals surface area contributed by atoms with Crippen LogP contribution < -0.4 is 15.4 Å². The number of benzene rings is 1. The average Bonchev–Trinajstić information content (AvgIpc) is 3.34. The van der Waals surface area contributed by atoms with Gasteiger partial charge in [-0.15, -0.1) is 0 Å². The molecule has 0 aliphatic carbocycles. The molecule has 1 aromatic carbocycles. The van der Waals surface area contributed by atoms with Crippen LogP contribution in [-0.4, -0.2) is 43.5 Å². The number of aliphatic imine (C=N–C) groups is 1. The highest BCUT2D eigenvalue weighted by atomic mass is 16.5. The van der Waals surface area contributed by atoms with E-state index in [1.54, 1.807) is 0 Å². The van der Waals surface area contributed by atoms with Gasteiger partial charge in [-0.1, -0.05) is 17.3 Å². The van der Waals surface area contributed by atoms with Crippen molar-refractivity contribution in [3.8, 4) is 5.75 Å². The van der Waals surface area contributed by atoms with Gasteiger partial charge >= 0.3 is 0 Å². The van der Waals surface area contributed by atoms with E-state index in [2.05, 4.69) is 47.8 Å². The van der Waals surface area contributed by atoms with Crippen molar-refractivity contribution in [1.29, 1.82) is 0 Å². The van der Waals surface area contributed by atoms with Crippen molar-refractivity contribution in [1.82, 2.24) is 15.8 Å². The zero-order chi connectivity index (χ0) is 21.3. The predicted molar refractivity (Wildman–Crippen MR) is 118 cm³/mol. The van der Waals surface area contributed by atoms with E-state index in [9.17, 15) is 0 Å². The molecule has 0 saturated carbocycles. The molecule has 1 aliphatic rings. The smallest absolute Gasteiger partial charge is 0.191 e. The minimum Gasteiger partial charge on any atom is -0.488 e. The number of nitrogens with one attached hydrogen (secondary N) is 2. The topological polar surface area (TPSA) is 80.9 Å². The Labute approximate surface area is 179 Å². The maximum atomic E-state index is 6.19. The second kappa shape index (κ2) is 11.0. The van der Waals surface area contributed by atoms with Crippen LogP contribution in [0.15, 0.2) is 27.7 Å². The zero-order valence-corrected chi connectivity index (χ0v) is 18.6. The molecule has 3 rings (SSSR count). The number of ether oxygens (including phenoxy) is 2. The molecule has 1 unspecified atom stereocenters. The fourth-order valence-electron chi connectivity index (χ4n) is 3.52. The van der Waals surface area contributed by atoms with E-state index in [-0.39, 0.29) is 6.10 Å². The van der Waals surface area contributed by atoms with Crippen LogP contribution in [0.4, 0.5) is 0 Å². The minimum atomic E-state index is 0.130. The molecule has 164 valence electrons. The first-order valence-electron chi connectivity index (χ1n) is 10.8. The third-order valence-corrected chi connectivity index (χ3v) is 5.23. The third kappa shape index (κ3) is 6.23. The van der Waals surface area contributed by atoms with Gasteiger partial charge in [0.05, 0.1) is 25.5 Å². The van der Waals surface area contributed by atoms with Crippen molar-refractivity contribution in [3.05, 3.63) is 46.3 Å². The molecule has 2 heterocycles. The van der Waals surface area contributed by atoms with Gasteiger partial charge in [0, 0.05) is 30.6 Å². The van der Waals surface area contributed by atoms with Gasteiger partial charge in [-0.2, -0.15) is 0 Å². The van der Waals surface area contributed by atoms with Crippen molar-refractivity contribution < 1.29 is 14.0 Å². The summed E-state index contributed by atoms with van der Waals surface area (Å²) in [5.74, 6) is 2.63. The van der Waals surface area contributed by atoms with Crippen LogP contribution in [-0.2, 0) is 17.7 Å². The van der Waals surface area contributed by atoms with E-state index in [4.69, 9.17) is 19.0 Å². The van der Waals surface area contributed by atoms with Gasteiger partial charge in [-0.3, -0.25) is 0 Å². The summed E-state index contributed by atoms with van der Waals surface area (Å²) in [7, 11) is 0. The highest BCUT2D eigenvalue weighted by Crippen LogP contribution is 2.24. The van der Waals surface area contributed by atoms with Crippen LogP contribution in [0, 0.1) is 20.8 Å². The maximum absolute atomic E-state index is 6.19. The van der Waals surface area contributed by atoms with Crippen LogP contribution in [0.3, 0.4) is 0 Å². The van der Waals surface area contributed by atoms with Crippen LogP contribution in [0.2, 0.25) is 0 Å². The first-order valence-corrected chi connectivity index (χ1v) is 10.8. The number of hydrogen-bond donors (Lipinski definition) is 2. The molecule has 1 atom stereocenters. The summed E-state index contributed by atoms with van der Waals surface area (Å²) in [6, 6.07) is 6.30.